The van der Waals surface area contributed by atoms with Gasteiger partial charge in [-0.1, -0.05) is 19.1 Å². The largest absolute Gasteiger partial charge is 0.494 e. The molecular weight excluding hydrogens is 489 g/mol. The van der Waals surface area contributed by atoms with E-state index >= 15 is 8.78 Å². The normalized spacial score (nSPS) is 17.3. The summed E-state index contributed by atoms with van der Waals surface area (Å²) in [6, 6.07) is 8.28. The van der Waals surface area contributed by atoms with Gasteiger partial charge in [-0.25, -0.2) is 23.1 Å². The van der Waals surface area contributed by atoms with Gasteiger partial charge in [0.1, 0.15) is 18.0 Å². The van der Waals surface area contributed by atoms with E-state index in [4.69, 9.17) is 14.2 Å². The van der Waals surface area contributed by atoms with Gasteiger partial charge in [0.05, 0.1) is 25.6 Å². The number of halogens is 3. The van der Waals surface area contributed by atoms with E-state index < -0.39 is 28.6 Å². The van der Waals surface area contributed by atoms with Crippen molar-refractivity contribution < 1.29 is 32.5 Å². The maximum Gasteiger partial charge on any atom is 0.289 e. The van der Waals surface area contributed by atoms with Crippen LogP contribution in [0, 0.1) is 22.9 Å². The van der Waals surface area contributed by atoms with Gasteiger partial charge < -0.3 is 29.6 Å². The Balaban J connectivity index is 1.46. The lowest BCUT2D eigenvalue weighted by atomic mass is 9.93. The number of ether oxygens (including phenoxy) is 3. The zero-order valence-corrected chi connectivity index (χ0v) is 19.9. The Morgan fingerprint density at radius 2 is 1.92 bits per heavy atom. The van der Waals surface area contributed by atoms with Crippen LogP contribution in [0.15, 0.2) is 53.8 Å². The Bertz CT molecular complexity index is 1480. The molecule has 2 aromatic carbocycles. The van der Waals surface area contributed by atoms with E-state index in [0.717, 1.165) is 12.1 Å². The molecule has 0 aliphatic carbocycles. The van der Waals surface area contributed by atoms with E-state index in [1.165, 1.54) is 31.6 Å². The van der Waals surface area contributed by atoms with Crippen molar-refractivity contribution in [3.63, 3.8) is 0 Å². The number of aliphatic hydroxyl groups excluding tert-OH is 1. The number of aliphatic imine (C=N–C) groups is 1. The molecule has 11 heteroatoms. The Labute approximate surface area is 209 Å². The number of benzene rings is 2. The smallest absolute Gasteiger partial charge is 0.289 e. The van der Waals surface area contributed by atoms with Crippen LogP contribution in [0.3, 0.4) is 0 Å². The van der Waals surface area contributed by atoms with Gasteiger partial charge in [-0.15, -0.1) is 0 Å². The maximum atomic E-state index is 15.0. The molecule has 0 fully saturated rings. The average Bonchev–Trinajstić information content (AvgIpc) is 3.33. The first kappa shape index (κ1) is 24.4. The second-order valence-electron chi connectivity index (χ2n) is 8.93. The van der Waals surface area contributed by atoms with E-state index in [1.807, 2.05) is 6.92 Å². The lowest BCUT2D eigenvalue weighted by Gasteiger charge is -2.30. The highest BCUT2D eigenvalue weighted by Crippen LogP contribution is 2.40. The molecule has 0 amide bonds. The van der Waals surface area contributed by atoms with Crippen LogP contribution < -0.4 is 14.8 Å². The summed E-state index contributed by atoms with van der Waals surface area (Å²) in [6.07, 6.45) is 2.94. The highest BCUT2D eigenvalue weighted by atomic mass is 19.1. The SMILES string of the molecule is COc1cccc(-c2c[nH]c3nccc(Oc4c(F)cc(NC5=NCC(C)(CO)CO5)cc4F)c23)c1F. The van der Waals surface area contributed by atoms with Gasteiger partial charge in [-0.05, 0) is 12.1 Å². The Morgan fingerprint density at radius 3 is 2.59 bits per heavy atom. The number of methoxy groups -OCH3 is 1. The van der Waals surface area contributed by atoms with Crippen molar-refractivity contribution in [1.29, 1.82) is 0 Å². The molecular formula is C26H23F3N4O4. The molecule has 192 valence electrons. The number of fused-ring (bicyclic) bond motifs is 1. The fraction of sp³-hybridized carbons (Fsp3) is 0.231. The van der Waals surface area contributed by atoms with Crippen molar-refractivity contribution >= 4 is 22.7 Å². The lowest BCUT2D eigenvalue weighted by molar-refractivity contribution is 0.0706. The second kappa shape index (κ2) is 9.66. The number of rotatable bonds is 6. The zero-order chi connectivity index (χ0) is 26.2. The Kier molecular flexibility index (Phi) is 6.38. The van der Waals surface area contributed by atoms with Gasteiger partial charge in [0.25, 0.3) is 6.02 Å². The van der Waals surface area contributed by atoms with Crippen LogP contribution in [0.4, 0.5) is 18.9 Å². The predicted octanol–water partition coefficient (Wildman–Crippen LogP) is 5.24. The Hall–Kier alpha value is -4.25. The molecule has 5 rings (SSSR count). The van der Waals surface area contributed by atoms with Crippen LogP contribution in [0.2, 0.25) is 0 Å². The van der Waals surface area contributed by atoms with E-state index in [1.54, 1.807) is 12.1 Å². The molecule has 0 saturated heterocycles. The van der Waals surface area contributed by atoms with Crippen molar-refractivity contribution in [3.05, 3.63) is 66.2 Å². The van der Waals surface area contributed by atoms with Crippen molar-refractivity contribution in [2.45, 2.75) is 6.92 Å². The molecule has 1 unspecified atom stereocenters. The van der Waals surface area contributed by atoms with Crippen LogP contribution in [0.1, 0.15) is 6.92 Å². The zero-order valence-electron chi connectivity index (χ0n) is 19.9. The first-order valence-electron chi connectivity index (χ1n) is 11.3. The van der Waals surface area contributed by atoms with Crippen LogP contribution in [0.25, 0.3) is 22.2 Å². The van der Waals surface area contributed by atoms with Crippen molar-refractivity contribution in [2.24, 2.45) is 10.4 Å². The van der Waals surface area contributed by atoms with Gasteiger partial charge in [-0.2, -0.15) is 0 Å². The Morgan fingerprint density at radius 1 is 1.14 bits per heavy atom. The number of pyridine rings is 1. The molecule has 1 aliphatic heterocycles. The minimum absolute atomic E-state index is 0.0472. The summed E-state index contributed by atoms with van der Waals surface area (Å²) in [5.41, 5.74) is 0.482. The van der Waals surface area contributed by atoms with Crippen LogP contribution in [-0.4, -0.2) is 48.0 Å². The van der Waals surface area contributed by atoms with Gasteiger partial charge in [0.15, 0.2) is 29.0 Å². The predicted molar refractivity (Wildman–Crippen MR) is 132 cm³/mol. The molecule has 1 aliphatic rings. The first-order chi connectivity index (χ1) is 17.8. The number of aliphatic hydroxyl groups is 1. The van der Waals surface area contributed by atoms with Crippen molar-refractivity contribution in [1.82, 2.24) is 9.97 Å². The summed E-state index contributed by atoms with van der Waals surface area (Å²) in [5.74, 6) is -3.07. The van der Waals surface area contributed by atoms with E-state index in [2.05, 4.69) is 20.3 Å². The topological polar surface area (TPSA) is 101 Å². The molecule has 0 radical (unpaired) electrons. The molecule has 0 bridgehead atoms. The molecule has 3 N–H and O–H groups in total. The number of aromatic nitrogens is 2. The highest BCUT2D eigenvalue weighted by Gasteiger charge is 2.29. The first-order valence-corrected chi connectivity index (χ1v) is 11.3. The third kappa shape index (κ3) is 4.65. The number of aromatic amines is 1. The molecule has 3 heterocycles. The van der Waals surface area contributed by atoms with Crippen LogP contribution in [-0.2, 0) is 4.74 Å². The molecule has 0 spiro atoms. The standard InChI is InChI=1S/C26H23F3N4O4/c1-26(12-34)11-32-25(36-13-26)33-14-8-17(27)23(18(28)9-14)37-19-6-7-30-24-21(19)16(10-31-24)15-4-3-5-20(35-2)22(15)29/h3-10,34H,11-13H2,1-2H3,(H,30,31)(H,32,33). The molecule has 8 nitrogen and oxygen atoms in total. The van der Waals surface area contributed by atoms with Crippen LogP contribution >= 0.6 is 0 Å². The molecule has 1 atom stereocenters. The summed E-state index contributed by atoms with van der Waals surface area (Å²) < 4.78 is 61.2. The monoisotopic (exact) mass is 512 g/mol. The second-order valence-corrected chi connectivity index (χ2v) is 8.93. The maximum absolute atomic E-state index is 15.0. The van der Waals surface area contributed by atoms with Crippen LogP contribution in [0.5, 0.6) is 17.2 Å². The van der Waals surface area contributed by atoms with Gasteiger partial charge in [-0.3, -0.25) is 0 Å². The summed E-state index contributed by atoms with van der Waals surface area (Å²) in [5, 5.41) is 12.5. The van der Waals surface area contributed by atoms with E-state index in [9.17, 15) is 9.50 Å². The number of amidine groups is 1. The number of hydrogen-bond donors (Lipinski definition) is 3. The van der Waals surface area contributed by atoms with Crippen molar-refractivity contribution in [2.75, 3.05) is 32.2 Å². The fourth-order valence-electron chi connectivity index (χ4n) is 3.93. The lowest BCUT2D eigenvalue weighted by Crippen LogP contribution is -2.38. The average molecular weight is 512 g/mol. The molecule has 0 saturated carbocycles. The number of anilines is 1. The minimum atomic E-state index is -0.978. The number of nitrogens with zero attached hydrogens (tertiary/aromatic N) is 2. The fourth-order valence-corrected chi connectivity index (χ4v) is 3.93. The summed E-state index contributed by atoms with van der Waals surface area (Å²) >= 11 is 0. The molecule has 37 heavy (non-hydrogen) atoms. The van der Waals surface area contributed by atoms with Gasteiger partial charge in [0, 0.05) is 46.8 Å². The summed E-state index contributed by atoms with van der Waals surface area (Å²) in [6.45, 7) is 2.21. The van der Waals surface area contributed by atoms with Crippen molar-refractivity contribution in [3.8, 4) is 28.4 Å². The number of hydrogen-bond acceptors (Lipinski definition) is 7. The number of nitrogens with one attached hydrogen (secondary N) is 2. The third-order valence-corrected chi connectivity index (χ3v) is 6.01. The van der Waals surface area contributed by atoms with E-state index in [-0.39, 0.29) is 42.0 Å². The summed E-state index contributed by atoms with van der Waals surface area (Å²) in [7, 11) is 1.36. The van der Waals surface area contributed by atoms with Gasteiger partial charge in [0.2, 0.25) is 0 Å². The highest BCUT2D eigenvalue weighted by molar-refractivity contribution is 5.98. The van der Waals surface area contributed by atoms with E-state index in [0.29, 0.717) is 23.1 Å². The minimum Gasteiger partial charge on any atom is -0.494 e. The number of H-pyrrole nitrogens is 1. The molecule has 4 aromatic rings. The quantitative estimate of drug-likeness (QED) is 0.327. The third-order valence-electron chi connectivity index (χ3n) is 6.01. The van der Waals surface area contributed by atoms with Gasteiger partial charge >= 0.3 is 0 Å². The molecule has 2 aromatic heterocycles. The summed E-state index contributed by atoms with van der Waals surface area (Å²) in [4.78, 5) is 11.3.